The SMILES string of the molecule is CC(=O)OC(C)C(=O)NCc1ccccc1-c1ccc(C2OC(CN3CCN(c4ccc([N+](=O)[O-])cc4)CC3)C(C)C(c3ccc(CO)cc3)O2)cc1. The summed E-state index contributed by atoms with van der Waals surface area (Å²) in [6, 6.07) is 30.5. The molecule has 2 N–H and O–H groups in total. The Bertz CT molecular complexity index is 1860. The normalized spacial score (nSPS) is 21.1. The number of nitro groups is 1. The van der Waals surface area contributed by atoms with Crippen molar-refractivity contribution in [1.82, 2.24) is 10.2 Å². The summed E-state index contributed by atoms with van der Waals surface area (Å²) in [6.07, 6.45) is -1.89. The van der Waals surface area contributed by atoms with Crippen LogP contribution < -0.4 is 10.2 Å². The van der Waals surface area contributed by atoms with Crippen molar-refractivity contribution in [2.75, 3.05) is 37.6 Å². The van der Waals surface area contributed by atoms with Crippen molar-refractivity contribution in [2.24, 2.45) is 5.92 Å². The fourth-order valence-electron chi connectivity index (χ4n) is 6.96. The van der Waals surface area contributed by atoms with E-state index in [2.05, 4.69) is 22.0 Å². The second kappa shape index (κ2) is 17.1. The van der Waals surface area contributed by atoms with Gasteiger partial charge in [0.25, 0.3) is 11.6 Å². The summed E-state index contributed by atoms with van der Waals surface area (Å²) >= 11 is 0. The summed E-state index contributed by atoms with van der Waals surface area (Å²) in [4.78, 5) is 39.2. The van der Waals surface area contributed by atoms with Gasteiger partial charge in [-0.2, -0.15) is 0 Å². The number of anilines is 1. The third kappa shape index (κ3) is 9.27. The number of nitrogens with one attached hydrogen (secondary N) is 1. The summed E-state index contributed by atoms with van der Waals surface area (Å²) in [6.45, 7) is 9.17. The Balaban J connectivity index is 1.16. The van der Waals surface area contributed by atoms with Crippen molar-refractivity contribution < 1.29 is 33.8 Å². The maximum absolute atomic E-state index is 12.5. The van der Waals surface area contributed by atoms with Crippen LogP contribution in [-0.2, 0) is 37.0 Å². The number of benzene rings is 4. The Morgan fingerprint density at radius 1 is 0.925 bits per heavy atom. The number of nitro benzene ring substituents is 1. The molecule has 5 atom stereocenters. The zero-order chi connectivity index (χ0) is 37.5. The topological polar surface area (TPSA) is 144 Å². The summed E-state index contributed by atoms with van der Waals surface area (Å²) in [5, 5.41) is 23.6. The molecule has 2 saturated heterocycles. The second-order valence-corrected chi connectivity index (χ2v) is 13.6. The highest BCUT2D eigenvalue weighted by Gasteiger charge is 2.39. The first kappa shape index (κ1) is 37.6. The number of hydrogen-bond donors (Lipinski definition) is 2. The zero-order valence-electron chi connectivity index (χ0n) is 30.2. The van der Waals surface area contributed by atoms with Gasteiger partial charge in [0.2, 0.25) is 0 Å². The van der Waals surface area contributed by atoms with Crippen molar-refractivity contribution in [3.05, 3.63) is 129 Å². The van der Waals surface area contributed by atoms with E-state index in [1.165, 1.54) is 6.92 Å². The number of ether oxygens (including phenoxy) is 3. The molecule has 5 unspecified atom stereocenters. The van der Waals surface area contributed by atoms with Gasteiger partial charge in [0, 0.05) is 75.5 Å². The highest BCUT2D eigenvalue weighted by Crippen LogP contribution is 2.42. The molecule has 0 radical (unpaired) electrons. The number of nitrogens with zero attached hydrogens (tertiary/aromatic N) is 3. The number of amides is 1. The molecule has 2 aliphatic heterocycles. The first-order valence-corrected chi connectivity index (χ1v) is 17.9. The van der Waals surface area contributed by atoms with E-state index in [1.807, 2.05) is 84.9 Å². The van der Waals surface area contributed by atoms with Gasteiger partial charge in [-0.3, -0.25) is 24.6 Å². The molecule has 0 spiro atoms. The van der Waals surface area contributed by atoms with E-state index >= 15 is 0 Å². The van der Waals surface area contributed by atoms with Gasteiger partial charge in [-0.25, -0.2) is 0 Å². The monoisotopic (exact) mass is 722 g/mol. The Hall–Kier alpha value is -5.14. The van der Waals surface area contributed by atoms with E-state index in [4.69, 9.17) is 14.2 Å². The van der Waals surface area contributed by atoms with Crippen LogP contribution in [0.4, 0.5) is 11.4 Å². The number of rotatable bonds is 12. The van der Waals surface area contributed by atoms with E-state index in [-0.39, 0.29) is 47.8 Å². The summed E-state index contributed by atoms with van der Waals surface area (Å²) in [5.41, 5.74) is 6.65. The molecule has 2 heterocycles. The smallest absolute Gasteiger partial charge is 0.303 e. The largest absolute Gasteiger partial charge is 0.453 e. The van der Waals surface area contributed by atoms with Crippen LogP contribution in [0.1, 0.15) is 55.4 Å². The van der Waals surface area contributed by atoms with Gasteiger partial charge in [0.1, 0.15) is 0 Å². The standard InChI is InChI=1S/C41H46N4O8/c1-27-38(25-43-20-22-44(23-21-43)35-16-18-36(19-17-35)45(49)50)52-41(53-39(27)32-10-8-30(26-46)9-11-32)33-14-12-31(13-15-33)37-7-5-4-6-34(37)24-42-40(48)28(2)51-29(3)47/h4-19,27-28,38-39,41,46H,20-26H2,1-3H3,(H,42,48). The lowest BCUT2D eigenvalue weighted by Crippen LogP contribution is -2.51. The molecule has 6 rings (SSSR count). The molecule has 0 bridgehead atoms. The van der Waals surface area contributed by atoms with Gasteiger partial charge < -0.3 is 29.5 Å². The Morgan fingerprint density at radius 3 is 2.23 bits per heavy atom. The molecule has 1 amide bonds. The van der Waals surface area contributed by atoms with Gasteiger partial charge in [0.05, 0.1) is 23.7 Å². The molecule has 2 fully saturated rings. The maximum Gasteiger partial charge on any atom is 0.303 e. The molecule has 53 heavy (non-hydrogen) atoms. The van der Waals surface area contributed by atoms with Gasteiger partial charge in [-0.15, -0.1) is 0 Å². The van der Waals surface area contributed by atoms with E-state index in [0.29, 0.717) is 6.54 Å². The lowest BCUT2D eigenvalue weighted by atomic mass is 9.89. The Kier molecular flexibility index (Phi) is 12.2. The minimum atomic E-state index is -0.885. The average Bonchev–Trinajstić information content (AvgIpc) is 3.18. The number of aliphatic hydroxyl groups excluding tert-OH is 1. The highest BCUT2D eigenvalue weighted by atomic mass is 16.7. The van der Waals surface area contributed by atoms with Crippen molar-refractivity contribution in [3.63, 3.8) is 0 Å². The van der Waals surface area contributed by atoms with E-state index in [9.17, 15) is 24.8 Å². The van der Waals surface area contributed by atoms with E-state index in [0.717, 1.165) is 65.2 Å². The van der Waals surface area contributed by atoms with Crippen LogP contribution in [0.25, 0.3) is 11.1 Å². The fourth-order valence-corrected chi connectivity index (χ4v) is 6.96. The molecular weight excluding hydrogens is 676 g/mol. The predicted octanol–water partition coefficient (Wildman–Crippen LogP) is 5.94. The van der Waals surface area contributed by atoms with Crippen molar-refractivity contribution in [2.45, 2.75) is 58.5 Å². The zero-order valence-corrected chi connectivity index (χ0v) is 30.2. The maximum atomic E-state index is 12.5. The Labute approximate surface area is 309 Å². The molecule has 4 aromatic carbocycles. The number of piperazine rings is 1. The summed E-state index contributed by atoms with van der Waals surface area (Å²) in [5.74, 6) is -0.845. The first-order chi connectivity index (χ1) is 25.6. The van der Waals surface area contributed by atoms with Crippen molar-refractivity contribution >= 4 is 23.3 Å². The van der Waals surface area contributed by atoms with Crippen LogP contribution in [0.2, 0.25) is 0 Å². The number of aliphatic hydroxyl groups is 1. The van der Waals surface area contributed by atoms with Crippen molar-refractivity contribution in [1.29, 1.82) is 0 Å². The average molecular weight is 723 g/mol. The van der Waals surface area contributed by atoms with E-state index in [1.54, 1.807) is 19.1 Å². The number of carbonyl (C=O) groups excluding carboxylic acids is 2. The molecule has 278 valence electrons. The van der Waals surface area contributed by atoms with Crippen LogP contribution in [0.15, 0.2) is 97.1 Å². The van der Waals surface area contributed by atoms with Crippen molar-refractivity contribution in [3.8, 4) is 11.1 Å². The van der Waals surface area contributed by atoms with Gasteiger partial charge in [-0.05, 0) is 46.9 Å². The van der Waals surface area contributed by atoms with Crippen LogP contribution in [0, 0.1) is 16.0 Å². The van der Waals surface area contributed by atoms with Gasteiger partial charge >= 0.3 is 5.97 Å². The van der Waals surface area contributed by atoms with Gasteiger partial charge in [0.15, 0.2) is 12.4 Å². The minimum absolute atomic E-state index is 0.0309. The molecule has 0 aliphatic carbocycles. The molecule has 4 aromatic rings. The van der Waals surface area contributed by atoms with Gasteiger partial charge in [-0.1, -0.05) is 79.7 Å². The van der Waals surface area contributed by atoms with Crippen LogP contribution >= 0.6 is 0 Å². The molecule has 0 saturated carbocycles. The number of hydrogen-bond acceptors (Lipinski definition) is 10. The molecule has 12 nitrogen and oxygen atoms in total. The predicted molar refractivity (Wildman–Crippen MR) is 200 cm³/mol. The third-order valence-corrected chi connectivity index (χ3v) is 10.0. The molecule has 2 aliphatic rings. The third-order valence-electron chi connectivity index (χ3n) is 10.0. The molecular formula is C41H46N4O8. The van der Waals surface area contributed by atoms with Crippen LogP contribution in [-0.4, -0.2) is 71.7 Å². The number of non-ortho nitro benzene ring substituents is 1. The number of esters is 1. The highest BCUT2D eigenvalue weighted by molar-refractivity contribution is 5.83. The first-order valence-electron chi connectivity index (χ1n) is 17.9. The molecule has 0 aromatic heterocycles. The quantitative estimate of drug-likeness (QED) is 0.103. The number of carbonyl (C=O) groups is 2. The van der Waals surface area contributed by atoms with E-state index < -0.39 is 18.4 Å². The lowest BCUT2D eigenvalue weighted by Gasteiger charge is -2.44. The lowest BCUT2D eigenvalue weighted by molar-refractivity contribution is -0.384. The Morgan fingerprint density at radius 2 is 1.58 bits per heavy atom. The summed E-state index contributed by atoms with van der Waals surface area (Å²) in [7, 11) is 0. The summed E-state index contributed by atoms with van der Waals surface area (Å²) < 4.78 is 18.5. The van der Waals surface area contributed by atoms with Crippen LogP contribution in [0.5, 0.6) is 0 Å². The minimum Gasteiger partial charge on any atom is -0.453 e. The molecule has 12 heteroatoms. The van der Waals surface area contributed by atoms with Crippen LogP contribution in [0.3, 0.4) is 0 Å². The second-order valence-electron chi connectivity index (χ2n) is 13.6. The fraction of sp³-hybridized carbons (Fsp3) is 0.366.